The third-order valence-corrected chi connectivity index (χ3v) is 2.90. The van der Waals surface area contributed by atoms with E-state index in [9.17, 15) is 14.9 Å². The summed E-state index contributed by atoms with van der Waals surface area (Å²) in [7, 11) is 0. The van der Waals surface area contributed by atoms with Gasteiger partial charge in [0.2, 0.25) is 0 Å². The Balaban J connectivity index is 2.32. The van der Waals surface area contributed by atoms with Crippen molar-refractivity contribution in [3.05, 3.63) is 33.9 Å². The van der Waals surface area contributed by atoms with Crippen LogP contribution in [0.5, 0.6) is 0 Å². The first-order valence-corrected chi connectivity index (χ1v) is 5.36. The standard InChI is InChI=1S/C11H12N2O4/c14-11(15)7-4-5-10(13(16)17)9(6-7)12-8-2-1-3-8/h4-6,8,12H,1-3H2,(H,14,15). The van der Waals surface area contributed by atoms with Gasteiger partial charge in [0.1, 0.15) is 5.69 Å². The largest absolute Gasteiger partial charge is 0.478 e. The Morgan fingerprint density at radius 3 is 2.65 bits per heavy atom. The van der Waals surface area contributed by atoms with Crippen LogP contribution in [-0.2, 0) is 0 Å². The summed E-state index contributed by atoms with van der Waals surface area (Å²) in [6, 6.07) is 4.01. The summed E-state index contributed by atoms with van der Waals surface area (Å²) < 4.78 is 0. The number of nitro benzene ring substituents is 1. The van der Waals surface area contributed by atoms with Gasteiger partial charge in [0, 0.05) is 12.1 Å². The molecule has 0 spiro atoms. The van der Waals surface area contributed by atoms with Crippen LogP contribution in [0, 0.1) is 10.1 Å². The van der Waals surface area contributed by atoms with E-state index < -0.39 is 10.9 Å². The van der Waals surface area contributed by atoms with E-state index in [1.54, 1.807) is 0 Å². The minimum absolute atomic E-state index is 0.0532. The molecule has 1 aliphatic carbocycles. The van der Waals surface area contributed by atoms with Gasteiger partial charge in [-0.2, -0.15) is 0 Å². The molecule has 90 valence electrons. The van der Waals surface area contributed by atoms with Gasteiger partial charge in [-0.25, -0.2) is 4.79 Å². The second kappa shape index (κ2) is 4.40. The molecule has 6 heteroatoms. The Bertz CT molecular complexity index is 469. The zero-order valence-corrected chi connectivity index (χ0v) is 9.05. The lowest BCUT2D eigenvalue weighted by atomic mass is 9.93. The smallest absolute Gasteiger partial charge is 0.335 e. The van der Waals surface area contributed by atoms with Crippen molar-refractivity contribution in [2.75, 3.05) is 5.32 Å². The molecule has 1 aromatic rings. The number of carboxylic acid groups (broad SMARTS) is 1. The number of hydrogen-bond acceptors (Lipinski definition) is 4. The molecular formula is C11H12N2O4. The van der Waals surface area contributed by atoms with Crippen molar-refractivity contribution in [1.82, 2.24) is 0 Å². The number of nitrogens with zero attached hydrogens (tertiary/aromatic N) is 1. The molecule has 0 radical (unpaired) electrons. The predicted octanol–water partition coefficient (Wildman–Crippen LogP) is 2.26. The SMILES string of the molecule is O=C(O)c1ccc([N+](=O)[O-])c(NC2CCC2)c1. The molecule has 1 saturated carbocycles. The highest BCUT2D eigenvalue weighted by Gasteiger charge is 2.22. The van der Waals surface area contributed by atoms with E-state index in [2.05, 4.69) is 5.32 Å². The number of carbonyl (C=O) groups is 1. The van der Waals surface area contributed by atoms with E-state index >= 15 is 0 Å². The summed E-state index contributed by atoms with van der Waals surface area (Å²) in [5.41, 5.74) is 0.263. The van der Waals surface area contributed by atoms with Crippen molar-refractivity contribution in [3.63, 3.8) is 0 Å². The molecule has 0 bridgehead atoms. The zero-order valence-electron chi connectivity index (χ0n) is 9.05. The third-order valence-electron chi connectivity index (χ3n) is 2.90. The number of carboxylic acids is 1. The van der Waals surface area contributed by atoms with E-state index in [1.165, 1.54) is 18.2 Å². The Labute approximate surface area is 97.4 Å². The lowest BCUT2D eigenvalue weighted by Gasteiger charge is -2.27. The number of benzene rings is 1. The number of nitrogens with one attached hydrogen (secondary N) is 1. The molecule has 6 nitrogen and oxygen atoms in total. The van der Waals surface area contributed by atoms with E-state index in [0.717, 1.165) is 19.3 Å². The number of anilines is 1. The highest BCUT2D eigenvalue weighted by atomic mass is 16.6. The summed E-state index contributed by atoms with van der Waals surface area (Å²) in [6.07, 6.45) is 3.03. The molecule has 0 unspecified atom stereocenters. The minimum atomic E-state index is -1.09. The molecule has 0 aliphatic heterocycles. The molecule has 0 saturated heterocycles. The number of rotatable bonds is 4. The normalized spacial score (nSPS) is 15.1. The van der Waals surface area contributed by atoms with Crippen LogP contribution in [-0.4, -0.2) is 22.0 Å². The average Bonchev–Trinajstić information content (AvgIpc) is 2.22. The average molecular weight is 236 g/mol. The maximum atomic E-state index is 10.8. The van der Waals surface area contributed by atoms with Crippen LogP contribution in [0.2, 0.25) is 0 Å². The molecule has 2 N–H and O–H groups in total. The highest BCUT2D eigenvalue weighted by molar-refractivity contribution is 5.90. The summed E-state index contributed by atoms with van der Waals surface area (Å²) in [4.78, 5) is 21.1. The summed E-state index contributed by atoms with van der Waals surface area (Å²) in [6.45, 7) is 0. The van der Waals surface area contributed by atoms with Gasteiger partial charge >= 0.3 is 5.97 Å². The summed E-state index contributed by atoms with van der Waals surface area (Å²) in [5.74, 6) is -1.09. The Morgan fingerprint density at radius 1 is 1.47 bits per heavy atom. The minimum Gasteiger partial charge on any atom is -0.478 e. The van der Waals surface area contributed by atoms with Crippen molar-refractivity contribution in [2.24, 2.45) is 0 Å². The van der Waals surface area contributed by atoms with Gasteiger partial charge < -0.3 is 10.4 Å². The van der Waals surface area contributed by atoms with Gasteiger partial charge in [0.05, 0.1) is 10.5 Å². The van der Waals surface area contributed by atoms with Gasteiger partial charge in [-0.3, -0.25) is 10.1 Å². The number of hydrogen-bond donors (Lipinski definition) is 2. The lowest BCUT2D eigenvalue weighted by molar-refractivity contribution is -0.384. The molecule has 17 heavy (non-hydrogen) atoms. The van der Waals surface area contributed by atoms with Crippen molar-refractivity contribution in [1.29, 1.82) is 0 Å². The maximum Gasteiger partial charge on any atom is 0.335 e. The van der Waals surface area contributed by atoms with E-state index in [1.807, 2.05) is 0 Å². The van der Waals surface area contributed by atoms with Crippen molar-refractivity contribution in [2.45, 2.75) is 25.3 Å². The van der Waals surface area contributed by atoms with Crippen LogP contribution >= 0.6 is 0 Å². The van der Waals surface area contributed by atoms with Gasteiger partial charge in [-0.05, 0) is 31.4 Å². The fourth-order valence-corrected chi connectivity index (χ4v) is 1.72. The topological polar surface area (TPSA) is 92.5 Å². The lowest BCUT2D eigenvalue weighted by Crippen LogP contribution is -2.27. The maximum absolute atomic E-state index is 10.8. The molecule has 2 rings (SSSR count). The van der Waals surface area contributed by atoms with Crippen LogP contribution in [0.4, 0.5) is 11.4 Å². The first-order valence-electron chi connectivity index (χ1n) is 5.36. The first kappa shape index (κ1) is 11.4. The summed E-state index contributed by atoms with van der Waals surface area (Å²) in [5, 5.41) is 22.7. The molecule has 1 aliphatic rings. The summed E-state index contributed by atoms with van der Waals surface area (Å²) >= 11 is 0. The van der Waals surface area contributed by atoms with Crippen molar-refractivity contribution >= 4 is 17.3 Å². The molecule has 0 amide bonds. The van der Waals surface area contributed by atoms with Crippen molar-refractivity contribution < 1.29 is 14.8 Å². The van der Waals surface area contributed by atoms with Crippen LogP contribution in [0.15, 0.2) is 18.2 Å². The van der Waals surface area contributed by atoms with E-state index in [-0.39, 0.29) is 17.3 Å². The highest BCUT2D eigenvalue weighted by Crippen LogP contribution is 2.30. The molecule has 0 atom stereocenters. The molecular weight excluding hydrogens is 224 g/mol. The second-order valence-corrected chi connectivity index (χ2v) is 4.07. The van der Waals surface area contributed by atoms with Crippen LogP contribution in [0.1, 0.15) is 29.6 Å². The van der Waals surface area contributed by atoms with Gasteiger partial charge in [0.15, 0.2) is 0 Å². The predicted molar refractivity (Wildman–Crippen MR) is 61.3 cm³/mol. The van der Waals surface area contributed by atoms with Crippen LogP contribution in [0.25, 0.3) is 0 Å². The third kappa shape index (κ3) is 2.35. The van der Waals surface area contributed by atoms with E-state index in [4.69, 9.17) is 5.11 Å². The van der Waals surface area contributed by atoms with Gasteiger partial charge in [0.25, 0.3) is 5.69 Å². The molecule has 0 aromatic heterocycles. The second-order valence-electron chi connectivity index (χ2n) is 4.07. The number of nitro groups is 1. The molecule has 0 heterocycles. The quantitative estimate of drug-likeness (QED) is 0.617. The fourth-order valence-electron chi connectivity index (χ4n) is 1.72. The Morgan fingerprint density at radius 2 is 2.18 bits per heavy atom. The van der Waals surface area contributed by atoms with Crippen LogP contribution < -0.4 is 5.32 Å². The van der Waals surface area contributed by atoms with Crippen molar-refractivity contribution in [3.8, 4) is 0 Å². The van der Waals surface area contributed by atoms with Gasteiger partial charge in [-0.15, -0.1) is 0 Å². The first-order chi connectivity index (χ1) is 8.08. The van der Waals surface area contributed by atoms with Gasteiger partial charge in [-0.1, -0.05) is 0 Å². The van der Waals surface area contributed by atoms with Crippen LogP contribution in [0.3, 0.4) is 0 Å². The monoisotopic (exact) mass is 236 g/mol. The fraction of sp³-hybridized carbons (Fsp3) is 0.364. The number of aromatic carboxylic acids is 1. The van der Waals surface area contributed by atoms with E-state index in [0.29, 0.717) is 5.69 Å². The zero-order chi connectivity index (χ0) is 12.4. The molecule has 1 fully saturated rings. The Hall–Kier alpha value is -2.11. The molecule has 1 aromatic carbocycles. The Kier molecular flexibility index (Phi) is 2.95.